The second-order valence-corrected chi connectivity index (χ2v) is 8.45. The molecule has 4 nitrogen and oxygen atoms in total. The highest BCUT2D eigenvalue weighted by atomic mass is 35.5. The average Bonchev–Trinajstić information content (AvgIpc) is 2.74. The normalized spacial score (nSPS) is 14.2. The Bertz CT molecular complexity index is 1160. The fourth-order valence-corrected chi connectivity index (χ4v) is 4.17. The fourth-order valence-electron chi connectivity index (χ4n) is 3.04. The van der Waals surface area contributed by atoms with Gasteiger partial charge < -0.3 is 10.6 Å². The summed E-state index contributed by atoms with van der Waals surface area (Å²) in [7, 11) is 0. The first kappa shape index (κ1) is 20.3. The van der Waals surface area contributed by atoms with Crippen LogP contribution in [0.25, 0.3) is 6.08 Å². The smallest absolute Gasteiger partial charge is 0.262 e. The Labute approximate surface area is 184 Å². The van der Waals surface area contributed by atoms with E-state index in [0.717, 1.165) is 16.0 Å². The Morgan fingerprint density at radius 3 is 2.63 bits per heavy atom. The van der Waals surface area contributed by atoms with Gasteiger partial charge in [0.1, 0.15) is 0 Å². The van der Waals surface area contributed by atoms with Crippen LogP contribution < -0.4 is 10.6 Å². The number of thioether (sulfide) groups is 1. The van der Waals surface area contributed by atoms with Gasteiger partial charge in [-0.3, -0.25) is 9.59 Å². The maximum Gasteiger partial charge on any atom is 0.262 e. The molecular formula is C24H19ClN2O2S. The van der Waals surface area contributed by atoms with Gasteiger partial charge in [0.05, 0.1) is 10.6 Å². The van der Waals surface area contributed by atoms with E-state index in [0.29, 0.717) is 27.7 Å². The van der Waals surface area contributed by atoms with Crippen LogP contribution in [0.1, 0.15) is 27.0 Å². The molecule has 0 radical (unpaired) electrons. The zero-order valence-corrected chi connectivity index (χ0v) is 17.8. The van der Waals surface area contributed by atoms with Gasteiger partial charge >= 0.3 is 0 Å². The van der Waals surface area contributed by atoms with Crippen molar-refractivity contribution in [3.63, 3.8) is 0 Å². The highest BCUT2D eigenvalue weighted by molar-refractivity contribution is 8.04. The molecule has 2 amide bonds. The lowest BCUT2D eigenvalue weighted by atomic mass is 10.1. The molecule has 0 saturated carbocycles. The van der Waals surface area contributed by atoms with Crippen LogP contribution in [0, 0.1) is 6.92 Å². The summed E-state index contributed by atoms with van der Waals surface area (Å²) in [6.07, 6.45) is 1.87. The molecular weight excluding hydrogens is 416 g/mol. The third-order valence-electron chi connectivity index (χ3n) is 4.71. The third-order valence-corrected chi connectivity index (χ3v) is 6.17. The Hall–Kier alpha value is -3.02. The van der Waals surface area contributed by atoms with Crippen LogP contribution in [0.5, 0.6) is 0 Å². The van der Waals surface area contributed by atoms with Gasteiger partial charge in [0.25, 0.3) is 11.8 Å². The van der Waals surface area contributed by atoms with Crippen molar-refractivity contribution in [2.45, 2.75) is 18.4 Å². The molecule has 3 aromatic carbocycles. The number of carbonyl (C=O) groups excluding carboxylic acids is 2. The number of rotatable bonds is 4. The number of halogens is 1. The van der Waals surface area contributed by atoms with Crippen LogP contribution >= 0.6 is 23.4 Å². The first-order chi connectivity index (χ1) is 14.5. The van der Waals surface area contributed by atoms with Crippen molar-refractivity contribution in [2.24, 2.45) is 0 Å². The van der Waals surface area contributed by atoms with E-state index in [1.165, 1.54) is 17.3 Å². The highest BCUT2D eigenvalue weighted by Gasteiger charge is 2.22. The van der Waals surface area contributed by atoms with E-state index in [2.05, 4.69) is 10.6 Å². The quantitative estimate of drug-likeness (QED) is 0.520. The number of anilines is 1. The van der Waals surface area contributed by atoms with Gasteiger partial charge in [0.15, 0.2) is 0 Å². The molecule has 0 aliphatic carbocycles. The number of carbonyl (C=O) groups is 2. The van der Waals surface area contributed by atoms with Crippen molar-refractivity contribution in [3.8, 4) is 0 Å². The Kier molecular flexibility index (Phi) is 5.93. The molecule has 1 heterocycles. The monoisotopic (exact) mass is 434 g/mol. The zero-order valence-electron chi connectivity index (χ0n) is 16.2. The van der Waals surface area contributed by atoms with Gasteiger partial charge in [0.2, 0.25) is 0 Å². The summed E-state index contributed by atoms with van der Waals surface area (Å²) >= 11 is 7.53. The van der Waals surface area contributed by atoms with E-state index >= 15 is 0 Å². The minimum atomic E-state index is -0.224. The highest BCUT2D eigenvalue weighted by Crippen LogP contribution is 2.39. The number of amides is 2. The fraction of sp³-hybridized carbons (Fsp3) is 0.0833. The van der Waals surface area contributed by atoms with E-state index in [9.17, 15) is 9.59 Å². The SMILES string of the molecule is Cc1ccc(C=C2Sc3ccc(C(=O)NCc4ccccc4Cl)cc3NC2=O)cc1. The van der Waals surface area contributed by atoms with Crippen LogP contribution in [0.3, 0.4) is 0 Å². The number of hydrogen-bond donors (Lipinski definition) is 2. The number of fused-ring (bicyclic) bond motifs is 1. The van der Waals surface area contributed by atoms with Gasteiger partial charge in [-0.2, -0.15) is 0 Å². The Morgan fingerprint density at radius 1 is 1.10 bits per heavy atom. The molecule has 0 fully saturated rings. The lowest BCUT2D eigenvalue weighted by Crippen LogP contribution is -2.24. The molecule has 1 aliphatic rings. The lowest BCUT2D eigenvalue weighted by molar-refractivity contribution is -0.112. The van der Waals surface area contributed by atoms with Gasteiger partial charge in [-0.25, -0.2) is 0 Å². The molecule has 1 aliphatic heterocycles. The number of aryl methyl sites for hydroxylation is 1. The predicted octanol–water partition coefficient (Wildman–Crippen LogP) is 5.66. The topological polar surface area (TPSA) is 58.2 Å². The lowest BCUT2D eigenvalue weighted by Gasteiger charge is -2.19. The first-order valence-electron chi connectivity index (χ1n) is 9.43. The van der Waals surface area contributed by atoms with Crippen molar-refractivity contribution in [2.75, 3.05) is 5.32 Å². The molecule has 0 unspecified atom stereocenters. The maximum absolute atomic E-state index is 12.5. The molecule has 2 N–H and O–H groups in total. The van der Waals surface area contributed by atoms with Gasteiger partial charge in [-0.05, 0) is 48.4 Å². The largest absolute Gasteiger partial charge is 0.348 e. The van der Waals surface area contributed by atoms with Crippen LogP contribution in [-0.2, 0) is 11.3 Å². The van der Waals surface area contributed by atoms with Crippen LogP contribution in [0.4, 0.5) is 5.69 Å². The van der Waals surface area contributed by atoms with Crippen molar-refractivity contribution in [3.05, 3.63) is 98.9 Å². The molecule has 150 valence electrons. The maximum atomic E-state index is 12.5. The summed E-state index contributed by atoms with van der Waals surface area (Å²) < 4.78 is 0. The van der Waals surface area contributed by atoms with Crippen LogP contribution in [0.15, 0.2) is 76.5 Å². The van der Waals surface area contributed by atoms with Crippen LogP contribution in [0.2, 0.25) is 5.02 Å². The summed E-state index contributed by atoms with van der Waals surface area (Å²) in [5, 5.41) is 6.37. The summed E-state index contributed by atoms with van der Waals surface area (Å²) in [6, 6.07) is 20.7. The summed E-state index contributed by atoms with van der Waals surface area (Å²) in [5.41, 5.74) is 4.10. The third kappa shape index (κ3) is 4.58. The van der Waals surface area contributed by atoms with E-state index in [1.54, 1.807) is 18.2 Å². The van der Waals surface area contributed by atoms with Crippen molar-refractivity contribution >= 4 is 46.9 Å². The van der Waals surface area contributed by atoms with Crippen molar-refractivity contribution < 1.29 is 9.59 Å². The molecule has 0 saturated heterocycles. The Morgan fingerprint density at radius 2 is 1.87 bits per heavy atom. The van der Waals surface area contributed by atoms with E-state index in [-0.39, 0.29) is 11.8 Å². The van der Waals surface area contributed by atoms with Crippen LogP contribution in [-0.4, -0.2) is 11.8 Å². The molecule has 4 rings (SSSR count). The summed E-state index contributed by atoms with van der Waals surface area (Å²) in [4.78, 5) is 26.6. The van der Waals surface area contributed by atoms with Gasteiger partial charge in [0, 0.05) is 22.0 Å². The standard InChI is InChI=1S/C24H19ClN2O2S/c1-15-6-8-16(9-7-15)12-22-24(29)27-20-13-17(10-11-21(20)30-22)23(28)26-14-18-4-2-3-5-19(18)25/h2-13H,14H2,1H3,(H,26,28)(H,27,29). The molecule has 0 spiro atoms. The van der Waals surface area contributed by atoms with E-state index in [1.807, 2.05) is 61.5 Å². The molecule has 0 bridgehead atoms. The summed E-state index contributed by atoms with van der Waals surface area (Å²) in [6.45, 7) is 2.36. The zero-order chi connectivity index (χ0) is 21.1. The second kappa shape index (κ2) is 8.78. The molecule has 0 atom stereocenters. The first-order valence-corrected chi connectivity index (χ1v) is 10.6. The molecule has 6 heteroatoms. The number of benzene rings is 3. The minimum Gasteiger partial charge on any atom is -0.348 e. The van der Waals surface area contributed by atoms with E-state index < -0.39 is 0 Å². The van der Waals surface area contributed by atoms with Gasteiger partial charge in [-0.1, -0.05) is 71.4 Å². The average molecular weight is 435 g/mol. The molecule has 30 heavy (non-hydrogen) atoms. The predicted molar refractivity (Wildman–Crippen MR) is 123 cm³/mol. The summed E-state index contributed by atoms with van der Waals surface area (Å²) in [5.74, 6) is -0.403. The van der Waals surface area contributed by atoms with E-state index in [4.69, 9.17) is 11.6 Å². The minimum absolute atomic E-state index is 0.179. The molecule has 0 aromatic heterocycles. The van der Waals surface area contributed by atoms with Crippen molar-refractivity contribution in [1.29, 1.82) is 0 Å². The Balaban J connectivity index is 1.48. The van der Waals surface area contributed by atoms with Crippen molar-refractivity contribution in [1.82, 2.24) is 5.32 Å². The van der Waals surface area contributed by atoms with Gasteiger partial charge in [-0.15, -0.1) is 0 Å². The number of hydrogen-bond acceptors (Lipinski definition) is 3. The number of nitrogens with one attached hydrogen (secondary N) is 2. The molecule has 3 aromatic rings. The second-order valence-electron chi connectivity index (χ2n) is 6.96.